The molecule has 2 aromatic carbocycles. The first-order valence-corrected chi connectivity index (χ1v) is 7.71. The Hall–Kier alpha value is -2.89. The average Bonchev–Trinajstić information content (AvgIpc) is 2.56. The van der Waals surface area contributed by atoms with Crippen LogP contribution in [0.2, 0.25) is 0 Å². The van der Waals surface area contributed by atoms with Crippen LogP contribution in [0, 0.1) is 11.2 Å². The highest BCUT2D eigenvalue weighted by molar-refractivity contribution is 5.96. The van der Waals surface area contributed by atoms with Crippen LogP contribution in [0.4, 0.5) is 10.1 Å². The molecule has 0 bridgehead atoms. The quantitative estimate of drug-likeness (QED) is 0.836. The molecule has 0 unspecified atom stereocenters. The molecule has 2 aromatic rings. The third kappa shape index (κ3) is 4.35. The van der Waals surface area contributed by atoms with Crippen molar-refractivity contribution >= 4 is 17.6 Å². The fraction of sp³-hybridized carbons (Fsp3) is 0.263. The molecule has 2 N–H and O–H groups in total. The zero-order valence-corrected chi connectivity index (χ0v) is 14.3. The van der Waals surface area contributed by atoms with Gasteiger partial charge < -0.3 is 15.2 Å². The Morgan fingerprint density at radius 1 is 1.20 bits per heavy atom. The fourth-order valence-corrected chi connectivity index (χ4v) is 2.45. The number of carbonyl (C=O) groups is 2. The summed E-state index contributed by atoms with van der Waals surface area (Å²) in [5.74, 6) is -1.71. The van der Waals surface area contributed by atoms with Crippen molar-refractivity contribution in [3.05, 3.63) is 59.4 Å². The van der Waals surface area contributed by atoms with Crippen LogP contribution in [-0.2, 0) is 11.2 Å². The Balaban J connectivity index is 2.17. The van der Waals surface area contributed by atoms with Crippen molar-refractivity contribution in [2.24, 2.45) is 5.41 Å². The topological polar surface area (TPSA) is 75.6 Å². The number of benzene rings is 2. The molecule has 5 nitrogen and oxygen atoms in total. The smallest absolute Gasteiger partial charge is 0.335 e. The van der Waals surface area contributed by atoms with E-state index in [1.807, 2.05) is 24.3 Å². The Bertz CT molecular complexity index is 802. The normalized spacial score (nSPS) is 11.0. The highest BCUT2D eigenvalue weighted by Crippen LogP contribution is 2.29. The summed E-state index contributed by atoms with van der Waals surface area (Å²) in [7, 11) is 1.56. The summed E-state index contributed by atoms with van der Waals surface area (Å²) in [4.78, 5) is 23.4. The van der Waals surface area contributed by atoms with Gasteiger partial charge in [0.2, 0.25) is 5.91 Å². The summed E-state index contributed by atoms with van der Waals surface area (Å²) in [6.07, 6.45) is 0.400. The first-order chi connectivity index (χ1) is 11.7. The molecule has 0 heterocycles. The van der Waals surface area contributed by atoms with Gasteiger partial charge in [0.1, 0.15) is 11.6 Å². The van der Waals surface area contributed by atoms with Gasteiger partial charge in [0.25, 0.3) is 0 Å². The summed E-state index contributed by atoms with van der Waals surface area (Å²) < 4.78 is 19.3. The molecule has 2 rings (SSSR count). The van der Waals surface area contributed by atoms with Gasteiger partial charge in [0, 0.05) is 5.41 Å². The van der Waals surface area contributed by atoms with E-state index in [4.69, 9.17) is 9.84 Å². The lowest BCUT2D eigenvalue weighted by Gasteiger charge is -2.24. The molecule has 0 aliphatic carbocycles. The minimum atomic E-state index is -1.23. The molecule has 0 saturated heterocycles. The van der Waals surface area contributed by atoms with Crippen LogP contribution < -0.4 is 10.1 Å². The Morgan fingerprint density at radius 3 is 2.48 bits per heavy atom. The number of para-hydroxylation sites is 1. The van der Waals surface area contributed by atoms with Crippen LogP contribution in [0.3, 0.4) is 0 Å². The summed E-state index contributed by atoms with van der Waals surface area (Å²) in [5, 5.41) is 11.4. The second-order valence-electron chi connectivity index (χ2n) is 6.33. The number of amides is 1. The maximum atomic E-state index is 14.0. The number of aromatic carboxylic acids is 1. The van der Waals surface area contributed by atoms with E-state index in [1.165, 1.54) is 12.1 Å². The third-order valence-electron chi connectivity index (χ3n) is 3.90. The maximum Gasteiger partial charge on any atom is 0.335 e. The molecule has 0 aromatic heterocycles. The number of hydrogen-bond donors (Lipinski definition) is 2. The van der Waals surface area contributed by atoms with Crippen molar-refractivity contribution in [1.29, 1.82) is 0 Å². The second kappa shape index (κ2) is 7.34. The molecule has 0 saturated carbocycles. The summed E-state index contributed by atoms with van der Waals surface area (Å²) >= 11 is 0. The average molecular weight is 345 g/mol. The van der Waals surface area contributed by atoms with Gasteiger partial charge in [0.05, 0.1) is 18.4 Å². The van der Waals surface area contributed by atoms with Crippen LogP contribution in [0.5, 0.6) is 5.75 Å². The predicted molar refractivity (Wildman–Crippen MR) is 92.5 cm³/mol. The van der Waals surface area contributed by atoms with Gasteiger partial charge in [-0.05, 0) is 36.2 Å². The lowest BCUT2D eigenvalue weighted by atomic mass is 9.84. The molecule has 6 heteroatoms. The third-order valence-corrected chi connectivity index (χ3v) is 3.90. The largest absolute Gasteiger partial charge is 0.496 e. The fourth-order valence-electron chi connectivity index (χ4n) is 2.45. The Kier molecular flexibility index (Phi) is 5.41. The van der Waals surface area contributed by atoms with Crippen molar-refractivity contribution in [2.75, 3.05) is 12.4 Å². The second-order valence-corrected chi connectivity index (χ2v) is 6.33. The van der Waals surface area contributed by atoms with Gasteiger partial charge in [-0.25, -0.2) is 9.18 Å². The number of carboxylic acids is 1. The van der Waals surface area contributed by atoms with Crippen molar-refractivity contribution in [3.8, 4) is 5.75 Å². The van der Waals surface area contributed by atoms with Gasteiger partial charge in [-0.3, -0.25) is 4.79 Å². The summed E-state index contributed by atoms with van der Waals surface area (Å²) in [6.45, 7) is 3.50. The van der Waals surface area contributed by atoms with E-state index in [-0.39, 0.29) is 17.2 Å². The molecule has 0 radical (unpaired) electrons. The molecule has 0 aliphatic heterocycles. The first kappa shape index (κ1) is 18.4. The van der Waals surface area contributed by atoms with Gasteiger partial charge in [0.15, 0.2) is 0 Å². The number of carbonyl (C=O) groups excluding carboxylic acids is 1. The van der Waals surface area contributed by atoms with E-state index in [2.05, 4.69) is 5.32 Å². The molecular formula is C19H20FNO4. The summed E-state index contributed by atoms with van der Waals surface area (Å²) in [5.41, 5.74) is -0.189. The Labute approximate surface area is 145 Å². The van der Waals surface area contributed by atoms with Crippen molar-refractivity contribution in [2.45, 2.75) is 20.3 Å². The van der Waals surface area contributed by atoms with Gasteiger partial charge >= 0.3 is 5.97 Å². The number of nitrogens with one attached hydrogen (secondary N) is 1. The van der Waals surface area contributed by atoms with E-state index in [0.29, 0.717) is 12.2 Å². The van der Waals surface area contributed by atoms with Gasteiger partial charge in [-0.15, -0.1) is 0 Å². The summed E-state index contributed by atoms with van der Waals surface area (Å²) in [6, 6.07) is 10.8. The number of anilines is 1. The Morgan fingerprint density at radius 2 is 1.88 bits per heavy atom. The standard InChI is InChI=1S/C19H20FNO4/c1-19(2,11-13-6-4-5-7-16(13)25-3)18(24)21-15-9-8-12(17(22)23)10-14(15)20/h4-10H,11H2,1-3H3,(H,21,24)(H,22,23). The minimum absolute atomic E-state index is 0.0527. The number of methoxy groups -OCH3 is 1. The lowest BCUT2D eigenvalue weighted by molar-refractivity contribution is -0.123. The molecule has 132 valence electrons. The van der Waals surface area contributed by atoms with Crippen LogP contribution >= 0.6 is 0 Å². The van der Waals surface area contributed by atoms with E-state index in [9.17, 15) is 14.0 Å². The number of ether oxygens (including phenoxy) is 1. The zero-order valence-electron chi connectivity index (χ0n) is 14.3. The highest BCUT2D eigenvalue weighted by Gasteiger charge is 2.29. The molecule has 25 heavy (non-hydrogen) atoms. The molecule has 0 aliphatic rings. The maximum absolute atomic E-state index is 14.0. The van der Waals surface area contributed by atoms with Crippen LogP contribution in [0.15, 0.2) is 42.5 Å². The van der Waals surface area contributed by atoms with Crippen molar-refractivity contribution in [3.63, 3.8) is 0 Å². The van der Waals surface area contributed by atoms with Crippen molar-refractivity contribution in [1.82, 2.24) is 0 Å². The molecule has 0 fully saturated rings. The SMILES string of the molecule is COc1ccccc1CC(C)(C)C(=O)Nc1ccc(C(=O)O)cc1F. The predicted octanol–water partition coefficient (Wildman–Crippen LogP) is 3.74. The van der Waals surface area contributed by atoms with Gasteiger partial charge in [-0.1, -0.05) is 32.0 Å². The number of hydrogen-bond acceptors (Lipinski definition) is 3. The van der Waals surface area contributed by atoms with Crippen LogP contribution in [0.25, 0.3) is 0 Å². The highest BCUT2D eigenvalue weighted by atomic mass is 19.1. The molecule has 1 amide bonds. The van der Waals surface area contributed by atoms with E-state index >= 15 is 0 Å². The molecule has 0 spiro atoms. The van der Waals surface area contributed by atoms with Crippen molar-refractivity contribution < 1.29 is 23.8 Å². The number of rotatable bonds is 6. The van der Waals surface area contributed by atoms with Crippen LogP contribution in [-0.4, -0.2) is 24.1 Å². The monoisotopic (exact) mass is 345 g/mol. The lowest BCUT2D eigenvalue weighted by Crippen LogP contribution is -2.33. The molecule has 0 atom stereocenters. The van der Waals surface area contributed by atoms with E-state index in [0.717, 1.165) is 11.6 Å². The first-order valence-electron chi connectivity index (χ1n) is 7.71. The number of halogens is 1. The van der Waals surface area contributed by atoms with Crippen LogP contribution in [0.1, 0.15) is 29.8 Å². The van der Waals surface area contributed by atoms with E-state index < -0.39 is 17.2 Å². The molecular weight excluding hydrogens is 325 g/mol. The number of carboxylic acid groups (broad SMARTS) is 1. The zero-order chi connectivity index (χ0) is 18.6. The minimum Gasteiger partial charge on any atom is -0.496 e. The van der Waals surface area contributed by atoms with E-state index in [1.54, 1.807) is 21.0 Å². The van der Waals surface area contributed by atoms with Gasteiger partial charge in [-0.2, -0.15) is 0 Å².